The van der Waals surface area contributed by atoms with E-state index in [2.05, 4.69) is 12.2 Å². The van der Waals surface area contributed by atoms with Crippen LogP contribution in [0, 0.1) is 23.7 Å². The molecule has 1 aromatic rings. The first-order valence-corrected chi connectivity index (χ1v) is 7.13. The van der Waals surface area contributed by atoms with Crippen LogP contribution in [0.2, 0.25) is 0 Å². The minimum atomic E-state index is -0.0880. The van der Waals surface area contributed by atoms with Gasteiger partial charge in [-0.2, -0.15) is 0 Å². The van der Waals surface area contributed by atoms with Crippen molar-refractivity contribution in [1.29, 1.82) is 0 Å². The van der Waals surface area contributed by atoms with E-state index in [1.165, 1.54) is 4.90 Å². The zero-order valence-corrected chi connectivity index (χ0v) is 11.4. The van der Waals surface area contributed by atoms with Gasteiger partial charge in [-0.1, -0.05) is 12.2 Å². The second kappa shape index (κ2) is 4.01. The van der Waals surface area contributed by atoms with E-state index in [9.17, 15) is 9.59 Å². The standard InChI is InChI=1S/C16H17N2O2/c1-17-6-2-3-10(8-17)9-18-15(19)13-11-4-5-12(7-11)14(13)16(18)20/h2-6,8,11-14H,7,9H2,1H3/q+1/t11-,12-,13+,14+/m0/s1. The number of hydrogen-bond acceptors (Lipinski definition) is 2. The van der Waals surface area contributed by atoms with Crippen molar-refractivity contribution in [1.82, 2.24) is 4.90 Å². The molecule has 0 spiro atoms. The monoisotopic (exact) mass is 269 g/mol. The van der Waals surface area contributed by atoms with Crippen molar-refractivity contribution in [2.24, 2.45) is 30.7 Å². The maximum absolute atomic E-state index is 12.5. The number of rotatable bonds is 2. The summed E-state index contributed by atoms with van der Waals surface area (Å²) >= 11 is 0. The molecule has 4 rings (SSSR count). The van der Waals surface area contributed by atoms with Gasteiger partial charge in [-0.3, -0.25) is 14.5 Å². The van der Waals surface area contributed by atoms with Crippen molar-refractivity contribution in [2.75, 3.05) is 0 Å². The first-order chi connectivity index (χ1) is 9.65. The molecule has 2 fully saturated rings. The highest BCUT2D eigenvalue weighted by molar-refractivity contribution is 6.06. The van der Waals surface area contributed by atoms with Crippen molar-refractivity contribution >= 4 is 11.8 Å². The first kappa shape index (κ1) is 11.8. The molecule has 2 heterocycles. The zero-order chi connectivity index (χ0) is 13.9. The number of nitrogens with zero attached hydrogens (tertiary/aromatic N) is 2. The molecule has 20 heavy (non-hydrogen) atoms. The van der Waals surface area contributed by atoms with Gasteiger partial charge in [0.05, 0.1) is 18.4 Å². The summed E-state index contributed by atoms with van der Waals surface area (Å²) in [5.74, 6) is 0.466. The molecule has 0 unspecified atom stereocenters. The van der Waals surface area contributed by atoms with Crippen LogP contribution in [0.15, 0.2) is 36.7 Å². The smallest absolute Gasteiger partial charge is 0.234 e. The number of pyridine rings is 1. The first-order valence-electron chi connectivity index (χ1n) is 7.13. The Morgan fingerprint density at radius 2 is 1.85 bits per heavy atom. The number of hydrogen-bond donors (Lipinski definition) is 0. The Hall–Kier alpha value is -1.97. The van der Waals surface area contributed by atoms with Crippen LogP contribution in [0.25, 0.3) is 0 Å². The van der Waals surface area contributed by atoms with Gasteiger partial charge in [0.1, 0.15) is 7.05 Å². The largest absolute Gasteiger partial charge is 0.277 e. The number of aromatic nitrogens is 1. The van der Waals surface area contributed by atoms with Crippen LogP contribution in [0.5, 0.6) is 0 Å². The molecule has 4 nitrogen and oxygen atoms in total. The third-order valence-electron chi connectivity index (χ3n) is 4.90. The Bertz CT molecular complexity index is 607. The highest BCUT2D eigenvalue weighted by Gasteiger charge is 2.59. The van der Waals surface area contributed by atoms with E-state index in [1.807, 2.05) is 36.1 Å². The number of amides is 2. The molecular weight excluding hydrogens is 252 g/mol. The van der Waals surface area contributed by atoms with Crippen molar-refractivity contribution < 1.29 is 14.2 Å². The van der Waals surface area contributed by atoms with Crippen molar-refractivity contribution in [3.05, 3.63) is 42.2 Å². The van der Waals surface area contributed by atoms with E-state index < -0.39 is 0 Å². The highest BCUT2D eigenvalue weighted by atomic mass is 16.2. The average molecular weight is 269 g/mol. The van der Waals surface area contributed by atoms with E-state index >= 15 is 0 Å². The number of imide groups is 1. The fourth-order valence-electron chi connectivity index (χ4n) is 4.05. The van der Waals surface area contributed by atoms with E-state index in [4.69, 9.17) is 0 Å². The molecule has 3 aliphatic rings. The lowest BCUT2D eigenvalue weighted by molar-refractivity contribution is -0.672. The van der Waals surface area contributed by atoms with Crippen LogP contribution in [-0.4, -0.2) is 16.7 Å². The number of carbonyl (C=O) groups excluding carboxylic acids is 2. The van der Waals surface area contributed by atoms with Crippen LogP contribution in [0.4, 0.5) is 0 Å². The summed E-state index contributed by atoms with van der Waals surface area (Å²) in [6.07, 6.45) is 9.14. The van der Waals surface area contributed by atoms with Gasteiger partial charge < -0.3 is 0 Å². The summed E-state index contributed by atoms with van der Waals surface area (Å²) in [6, 6.07) is 3.90. The third-order valence-corrected chi connectivity index (χ3v) is 4.90. The fraction of sp³-hybridized carbons (Fsp3) is 0.438. The highest BCUT2D eigenvalue weighted by Crippen LogP contribution is 2.52. The van der Waals surface area contributed by atoms with E-state index in [-0.39, 0.29) is 23.7 Å². The molecule has 2 amide bonds. The number of allylic oxidation sites excluding steroid dienone is 2. The number of carbonyl (C=O) groups is 2. The lowest BCUT2D eigenvalue weighted by atomic mass is 9.85. The Kier molecular flexibility index (Phi) is 2.37. The average Bonchev–Trinajstić information content (AvgIpc) is 3.09. The Morgan fingerprint density at radius 1 is 1.20 bits per heavy atom. The van der Waals surface area contributed by atoms with E-state index in [0.29, 0.717) is 18.4 Å². The molecule has 1 saturated carbocycles. The molecule has 0 N–H and O–H groups in total. The molecular formula is C16H17N2O2+. The molecule has 0 aromatic carbocycles. The maximum Gasteiger partial charge on any atom is 0.234 e. The zero-order valence-electron chi connectivity index (χ0n) is 11.4. The van der Waals surface area contributed by atoms with Gasteiger partial charge in [-0.05, 0) is 24.3 Å². The van der Waals surface area contributed by atoms with Crippen molar-refractivity contribution in [3.8, 4) is 0 Å². The fourth-order valence-corrected chi connectivity index (χ4v) is 4.05. The van der Waals surface area contributed by atoms with Gasteiger partial charge in [0.15, 0.2) is 12.4 Å². The molecule has 0 radical (unpaired) electrons. The molecule has 102 valence electrons. The van der Waals surface area contributed by atoms with Gasteiger partial charge in [0, 0.05) is 11.6 Å². The summed E-state index contributed by atoms with van der Waals surface area (Å²) in [4.78, 5) is 26.6. The summed E-state index contributed by atoms with van der Waals surface area (Å²) in [7, 11) is 1.94. The van der Waals surface area contributed by atoms with E-state index in [0.717, 1.165) is 12.0 Å². The third kappa shape index (κ3) is 1.51. The van der Waals surface area contributed by atoms with Crippen LogP contribution in [0.1, 0.15) is 12.0 Å². The molecule has 1 saturated heterocycles. The lowest BCUT2D eigenvalue weighted by Crippen LogP contribution is -2.34. The van der Waals surface area contributed by atoms with Gasteiger partial charge in [0.2, 0.25) is 11.8 Å². The van der Waals surface area contributed by atoms with Crippen LogP contribution in [0.3, 0.4) is 0 Å². The Labute approximate surface area is 117 Å². The second-order valence-corrected chi connectivity index (χ2v) is 6.14. The molecule has 2 bridgehead atoms. The molecule has 4 heteroatoms. The Morgan fingerprint density at radius 3 is 2.45 bits per heavy atom. The van der Waals surface area contributed by atoms with E-state index in [1.54, 1.807) is 0 Å². The number of likely N-dealkylation sites (tertiary alicyclic amines) is 1. The van der Waals surface area contributed by atoms with Gasteiger partial charge in [-0.15, -0.1) is 0 Å². The summed E-state index contributed by atoms with van der Waals surface area (Å²) < 4.78 is 1.94. The van der Waals surface area contributed by atoms with Crippen molar-refractivity contribution in [3.63, 3.8) is 0 Å². The minimum Gasteiger partial charge on any atom is -0.277 e. The number of aryl methyl sites for hydroxylation is 1. The maximum atomic E-state index is 12.5. The van der Waals surface area contributed by atoms with Gasteiger partial charge >= 0.3 is 0 Å². The summed E-state index contributed by atoms with van der Waals surface area (Å²) in [5, 5.41) is 0. The lowest BCUT2D eigenvalue weighted by Gasteiger charge is -2.16. The van der Waals surface area contributed by atoms with Crippen LogP contribution >= 0.6 is 0 Å². The van der Waals surface area contributed by atoms with Gasteiger partial charge in [0.25, 0.3) is 0 Å². The Balaban J connectivity index is 1.62. The molecule has 4 atom stereocenters. The topological polar surface area (TPSA) is 41.3 Å². The predicted molar refractivity (Wildman–Crippen MR) is 70.9 cm³/mol. The van der Waals surface area contributed by atoms with Crippen LogP contribution in [-0.2, 0) is 23.2 Å². The van der Waals surface area contributed by atoms with Crippen molar-refractivity contribution in [2.45, 2.75) is 13.0 Å². The SMILES string of the molecule is C[n+]1cccc(CN2C(=O)[C@H]3[C@H](C2=O)[C@H]2C=C[C@H]3C2)c1. The van der Waals surface area contributed by atoms with Crippen LogP contribution < -0.4 is 4.57 Å². The quantitative estimate of drug-likeness (QED) is 0.453. The summed E-state index contributed by atoms with van der Waals surface area (Å²) in [5.41, 5.74) is 0.997. The predicted octanol–water partition coefficient (Wildman–Crippen LogP) is 0.818. The number of fused-ring (bicyclic) bond motifs is 5. The minimum absolute atomic E-state index is 0.0309. The summed E-state index contributed by atoms with van der Waals surface area (Å²) in [6.45, 7) is 0.402. The second-order valence-electron chi connectivity index (χ2n) is 6.14. The molecule has 2 aliphatic carbocycles. The van der Waals surface area contributed by atoms with Gasteiger partial charge in [-0.25, -0.2) is 4.57 Å². The molecule has 1 aliphatic heterocycles. The molecule has 1 aromatic heterocycles. The normalized spacial score (nSPS) is 34.1.